The van der Waals surface area contributed by atoms with Crippen molar-refractivity contribution in [2.75, 3.05) is 20.2 Å². The number of hydrogen-bond acceptors (Lipinski definition) is 6. The lowest BCUT2D eigenvalue weighted by molar-refractivity contribution is -0.173. The first-order chi connectivity index (χ1) is 21.2. The van der Waals surface area contributed by atoms with E-state index >= 15 is 4.39 Å². The minimum atomic E-state index is -5.07. The van der Waals surface area contributed by atoms with Gasteiger partial charge in [0.1, 0.15) is 17.2 Å². The number of amides is 2. The minimum Gasteiger partial charge on any atom is -0.497 e. The van der Waals surface area contributed by atoms with Gasteiger partial charge in [-0.2, -0.15) is 18.3 Å². The molecule has 46 heavy (non-hydrogen) atoms. The van der Waals surface area contributed by atoms with Gasteiger partial charge in [-0.15, -0.1) is 0 Å². The van der Waals surface area contributed by atoms with Crippen molar-refractivity contribution in [3.63, 3.8) is 0 Å². The zero-order valence-corrected chi connectivity index (χ0v) is 25.5. The monoisotopic (exact) mass is 643 g/mol. The molecule has 0 atom stereocenters. The number of hydrogen-bond donors (Lipinski definition) is 1. The Morgan fingerprint density at radius 2 is 1.76 bits per heavy atom. The summed E-state index contributed by atoms with van der Waals surface area (Å²) in [7, 11) is 1.58. The summed E-state index contributed by atoms with van der Waals surface area (Å²) in [5.74, 6) is -2.24. The van der Waals surface area contributed by atoms with Crippen LogP contribution in [0.15, 0.2) is 60.8 Å². The van der Waals surface area contributed by atoms with Crippen molar-refractivity contribution in [2.45, 2.75) is 45.6 Å². The normalized spacial score (nSPS) is 13.3. The number of rotatable bonds is 7. The molecule has 10 nitrogen and oxygen atoms in total. The maximum Gasteiger partial charge on any atom is 0.471 e. The third-order valence-corrected chi connectivity index (χ3v) is 7.06. The summed E-state index contributed by atoms with van der Waals surface area (Å²) in [6.07, 6.45) is -2.09. The molecule has 2 amide bonds. The van der Waals surface area contributed by atoms with E-state index in [4.69, 9.17) is 14.6 Å². The molecular formula is C32H33F4N5O5. The van der Waals surface area contributed by atoms with Gasteiger partial charge in [-0.1, -0.05) is 30.3 Å². The molecule has 0 aliphatic carbocycles. The number of fused-ring (bicyclic) bond motifs is 1. The van der Waals surface area contributed by atoms with Gasteiger partial charge in [-0.25, -0.2) is 18.9 Å². The van der Waals surface area contributed by atoms with Crippen LogP contribution < -0.4 is 10.1 Å². The molecule has 3 heterocycles. The van der Waals surface area contributed by atoms with Gasteiger partial charge in [0.2, 0.25) is 0 Å². The van der Waals surface area contributed by atoms with Gasteiger partial charge >= 0.3 is 18.2 Å². The maximum atomic E-state index is 15.2. The van der Waals surface area contributed by atoms with E-state index in [0.29, 0.717) is 46.7 Å². The first kappa shape index (κ1) is 33.9. The Kier molecular flexibility index (Phi) is 9.71. The first-order valence-electron chi connectivity index (χ1n) is 14.0. The Bertz CT molecular complexity index is 1780. The molecule has 2 aromatic heterocycles. The Balaban J connectivity index is 0.00000480. The highest BCUT2D eigenvalue weighted by Gasteiger charge is 2.38. The predicted octanol–water partition coefficient (Wildman–Crippen LogP) is 5.28. The number of ether oxygens (including phenoxy) is 2. The summed E-state index contributed by atoms with van der Waals surface area (Å²) >= 11 is 0. The van der Waals surface area contributed by atoms with Crippen LogP contribution in [-0.4, -0.2) is 69.1 Å². The predicted molar refractivity (Wildman–Crippen MR) is 162 cm³/mol. The molecule has 0 radical (unpaired) electrons. The average Bonchev–Trinajstić information content (AvgIpc) is 3.61. The van der Waals surface area contributed by atoms with E-state index in [0.717, 1.165) is 11.1 Å². The number of methoxy groups -OCH3 is 1. The minimum absolute atomic E-state index is 0. The van der Waals surface area contributed by atoms with Gasteiger partial charge in [0, 0.05) is 24.8 Å². The number of carbonyl (C=O) groups is 2. The molecule has 3 N–H and O–H groups in total. The van der Waals surface area contributed by atoms with Crippen LogP contribution in [0.5, 0.6) is 5.75 Å². The van der Waals surface area contributed by atoms with Crippen molar-refractivity contribution in [1.82, 2.24) is 25.0 Å². The average molecular weight is 644 g/mol. The third kappa shape index (κ3) is 7.45. The standard InChI is InChI=1S/C32H31F4N5O4.H2O/c1-31(2,3)45-30(43)40-14-12-22(18-40)27-26-24(20-7-8-21(25(33)15-20)16-38-29(42)32(34,35)36)11-13-37-28(26)41(39-27)17-19-5-9-23(44-4)10-6-19;/h5-13,15H,14,16-18H2,1-4H3,(H,38,42);1H2. The Morgan fingerprint density at radius 3 is 2.39 bits per heavy atom. The number of carbonyl (C=O) groups excluding carboxylic acids is 2. The molecule has 2 aromatic carbocycles. The van der Waals surface area contributed by atoms with Crippen molar-refractivity contribution in [1.29, 1.82) is 0 Å². The number of aromatic nitrogens is 3. The van der Waals surface area contributed by atoms with E-state index in [1.165, 1.54) is 12.1 Å². The van der Waals surface area contributed by atoms with E-state index in [1.54, 1.807) is 61.1 Å². The van der Waals surface area contributed by atoms with Gasteiger partial charge in [0.15, 0.2) is 5.65 Å². The largest absolute Gasteiger partial charge is 0.497 e. The number of benzene rings is 2. The Hall–Kier alpha value is -4.98. The number of nitrogens with zero attached hydrogens (tertiary/aromatic N) is 4. The van der Waals surface area contributed by atoms with Crippen LogP contribution >= 0.6 is 0 Å². The summed E-state index contributed by atoms with van der Waals surface area (Å²) < 4.78 is 65.5. The lowest BCUT2D eigenvalue weighted by Gasteiger charge is -2.24. The topological polar surface area (TPSA) is 130 Å². The highest BCUT2D eigenvalue weighted by molar-refractivity contribution is 6.01. The van der Waals surface area contributed by atoms with Crippen LogP contribution in [0.3, 0.4) is 0 Å². The van der Waals surface area contributed by atoms with E-state index in [9.17, 15) is 22.8 Å². The van der Waals surface area contributed by atoms with Crippen LogP contribution in [-0.2, 0) is 22.6 Å². The second kappa shape index (κ2) is 13.2. The lowest BCUT2D eigenvalue weighted by atomic mass is 9.98. The van der Waals surface area contributed by atoms with Crippen LogP contribution in [0.1, 0.15) is 37.6 Å². The highest BCUT2D eigenvalue weighted by Crippen LogP contribution is 2.36. The smallest absolute Gasteiger partial charge is 0.471 e. The third-order valence-electron chi connectivity index (χ3n) is 7.06. The molecule has 5 rings (SSSR count). The van der Waals surface area contributed by atoms with E-state index < -0.39 is 36.1 Å². The zero-order chi connectivity index (χ0) is 32.5. The first-order valence-corrected chi connectivity index (χ1v) is 14.0. The molecule has 4 aromatic rings. The summed E-state index contributed by atoms with van der Waals surface area (Å²) in [4.78, 5) is 30.2. The van der Waals surface area contributed by atoms with Gasteiger partial charge < -0.3 is 25.2 Å². The molecule has 0 unspecified atom stereocenters. The Morgan fingerprint density at radius 1 is 1.04 bits per heavy atom. The second-order valence-electron chi connectivity index (χ2n) is 11.5. The fourth-order valence-electron chi connectivity index (χ4n) is 4.90. The van der Waals surface area contributed by atoms with E-state index in [-0.39, 0.29) is 17.6 Å². The number of halogens is 4. The molecule has 0 saturated heterocycles. The maximum absolute atomic E-state index is 15.2. The summed E-state index contributed by atoms with van der Waals surface area (Å²) in [5, 5.41) is 7.21. The van der Waals surface area contributed by atoms with Gasteiger partial charge in [-0.3, -0.25) is 4.79 Å². The quantitative estimate of drug-likeness (QED) is 0.273. The highest BCUT2D eigenvalue weighted by atomic mass is 19.4. The lowest BCUT2D eigenvalue weighted by Crippen LogP contribution is -2.36. The molecule has 244 valence electrons. The summed E-state index contributed by atoms with van der Waals surface area (Å²) in [5.41, 5.74) is 2.97. The number of pyridine rings is 1. The zero-order valence-electron chi connectivity index (χ0n) is 25.5. The van der Waals surface area contributed by atoms with Crippen molar-refractivity contribution < 1.29 is 42.1 Å². The molecule has 1 aliphatic heterocycles. The van der Waals surface area contributed by atoms with Crippen LogP contribution in [0.25, 0.3) is 27.7 Å². The fourth-order valence-corrected chi connectivity index (χ4v) is 4.90. The fraction of sp³-hybridized carbons (Fsp3) is 0.312. The van der Waals surface area contributed by atoms with Gasteiger partial charge in [0.05, 0.1) is 31.3 Å². The van der Waals surface area contributed by atoms with Crippen molar-refractivity contribution in [3.8, 4) is 16.9 Å². The van der Waals surface area contributed by atoms with Crippen LogP contribution in [0.4, 0.5) is 22.4 Å². The van der Waals surface area contributed by atoms with Crippen molar-refractivity contribution in [3.05, 3.63) is 83.4 Å². The van der Waals surface area contributed by atoms with Crippen LogP contribution in [0.2, 0.25) is 0 Å². The second-order valence-corrected chi connectivity index (χ2v) is 11.5. The number of alkyl halides is 3. The molecular weight excluding hydrogens is 610 g/mol. The molecule has 0 spiro atoms. The van der Waals surface area contributed by atoms with Crippen molar-refractivity contribution >= 4 is 28.6 Å². The molecule has 0 bridgehead atoms. The Labute approximate surface area is 261 Å². The van der Waals surface area contributed by atoms with Gasteiger partial charge in [0.25, 0.3) is 0 Å². The molecule has 0 saturated carbocycles. The van der Waals surface area contributed by atoms with Crippen LogP contribution in [0, 0.1) is 5.82 Å². The summed E-state index contributed by atoms with van der Waals surface area (Å²) in [6.45, 7) is 5.62. The van der Waals surface area contributed by atoms with E-state index in [1.807, 2.05) is 30.3 Å². The van der Waals surface area contributed by atoms with Crippen molar-refractivity contribution in [2.24, 2.45) is 0 Å². The molecule has 0 fully saturated rings. The molecule has 1 aliphatic rings. The molecule has 14 heteroatoms. The van der Waals surface area contributed by atoms with E-state index in [2.05, 4.69) is 4.98 Å². The summed E-state index contributed by atoms with van der Waals surface area (Å²) in [6, 6.07) is 13.3. The number of nitrogens with one attached hydrogen (secondary N) is 1. The SMILES string of the molecule is COc1ccc(Cn2nc(C3=CCN(C(=O)OC(C)(C)C)C3)c3c(-c4ccc(CNC(=O)C(F)(F)F)c(F)c4)ccnc32)cc1.O. The van der Waals surface area contributed by atoms with Gasteiger partial charge in [-0.05, 0) is 67.3 Å².